The largest absolute Gasteiger partial charge is 0.389 e. The zero-order valence-corrected chi connectivity index (χ0v) is 11.2. The summed E-state index contributed by atoms with van der Waals surface area (Å²) in [5.74, 6) is 0. The third kappa shape index (κ3) is 4.86. The zero-order chi connectivity index (χ0) is 13.8. The van der Waals surface area contributed by atoms with Gasteiger partial charge in [-0.05, 0) is 37.1 Å². The highest BCUT2D eigenvalue weighted by atomic mass is 35.5. The minimum Gasteiger partial charge on any atom is -0.310 e. The van der Waals surface area contributed by atoms with Gasteiger partial charge in [-0.1, -0.05) is 30.7 Å². The highest BCUT2D eigenvalue weighted by Gasteiger charge is 2.29. The SMILES string of the molecule is CCNC(CCC(F)(F)F)c1ccc(C)cc1Cl. The molecule has 102 valence electrons. The Morgan fingerprint density at radius 1 is 1.33 bits per heavy atom. The highest BCUT2D eigenvalue weighted by Crippen LogP contribution is 2.31. The van der Waals surface area contributed by atoms with Crippen LogP contribution in [-0.4, -0.2) is 12.7 Å². The van der Waals surface area contributed by atoms with Crippen LogP contribution in [-0.2, 0) is 0 Å². The molecule has 0 aliphatic carbocycles. The second kappa shape index (κ2) is 6.43. The van der Waals surface area contributed by atoms with Crippen LogP contribution in [0.2, 0.25) is 5.02 Å². The second-order valence-electron chi connectivity index (χ2n) is 4.29. The van der Waals surface area contributed by atoms with Crippen LogP contribution in [0.5, 0.6) is 0 Å². The minimum absolute atomic E-state index is 0.000120. The quantitative estimate of drug-likeness (QED) is 0.828. The van der Waals surface area contributed by atoms with Gasteiger partial charge in [-0.3, -0.25) is 0 Å². The molecule has 0 saturated heterocycles. The molecule has 1 aromatic carbocycles. The van der Waals surface area contributed by atoms with E-state index in [2.05, 4.69) is 5.32 Å². The van der Waals surface area contributed by atoms with Gasteiger partial charge in [0, 0.05) is 17.5 Å². The molecule has 1 N–H and O–H groups in total. The Kier molecular flexibility index (Phi) is 5.47. The van der Waals surface area contributed by atoms with Gasteiger partial charge >= 0.3 is 6.18 Å². The molecule has 5 heteroatoms. The zero-order valence-electron chi connectivity index (χ0n) is 10.4. The first kappa shape index (κ1) is 15.3. The maximum Gasteiger partial charge on any atom is 0.389 e. The molecular weight excluding hydrogens is 263 g/mol. The summed E-state index contributed by atoms with van der Waals surface area (Å²) in [6.45, 7) is 4.36. The summed E-state index contributed by atoms with van der Waals surface area (Å²) < 4.78 is 36.8. The number of aryl methyl sites for hydroxylation is 1. The van der Waals surface area contributed by atoms with Crippen molar-refractivity contribution in [1.29, 1.82) is 0 Å². The molecule has 18 heavy (non-hydrogen) atoms. The topological polar surface area (TPSA) is 12.0 Å². The Balaban J connectivity index is 2.83. The maximum atomic E-state index is 12.3. The fourth-order valence-electron chi connectivity index (χ4n) is 1.84. The average Bonchev–Trinajstić information content (AvgIpc) is 2.24. The summed E-state index contributed by atoms with van der Waals surface area (Å²) in [7, 11) is 0. The van der Waals surface area contributed by atoms with Gasteiger partial charge in [0.15, 0.2) is 0 Å². The molecule has 1 unspecified atom stereocenters. The van der Waals surface area contributed by atoms with Crippen LogP contribution >= 0.6 is 11.6 Å². The van der Waals surface area contributed by atoms with Gasteiger partial charge in [0.05, 0.1) is 0 Å². The number of benzene rings is 1. The van der Waals surface area contributed by atoms with Crippen molar-refractivity contribution < 1.29 is 13.2 Å². The lowest BCUT2D eigenvalue weighted by molar-refractivity contribution is -0.136. The third-order valence-corrected chi connectivity index (χ3v) is 3.03. The molecule has 0 bridgehead atoms. The van der Waals surface area contributed by atoms with Crippen LogP contribution in [0.3, 0.4) is 0 Å². The van der Waals surface area contributed by atoms with E-state index in [1.165, 1.54) is 0 Å². The summed E-state index contributed by atoms with van der Waals surface area (Å²) in [6.07, 6.45) is -4.94. The van der Waals surface area contributed by atoms with Gasteiger partial charge in [0.1, 0.15) is 0 Å². The Labute approximate surface area is 110 Å². The van der Waals surface area contributed by atoms with E-state index in [9.17, 15) is 13.2 Å². The smallest absolute Gasteiger partial charge is 0.310 e. The van der Waals surface area contributed by atoms with Crippen LogP contribution in [0.15, 0.2) is 18.2 Å². The van der Waals surface area contributed by atoms with Gasteiger partial charge in [-0.2, -0.15) is 13.2 Å². The van der Waals surface area contributed by atoms with Crippen LogP contribution in [0.4, 0.5) is 13.2 Å². The predicted octanol–water partition coefficient (Wildman–Crippen LogP) is 4.64. The van der Waals surface area contributed by atoms with E-state index in [0.29, 0.717) is 11.6 Å². The first-order valence-corrected chi connectivity index (χ1v) is 6.27. The number of hydrogen-bond donors (Lipinski definition) is 1. The van der Waals surface area contributed by atoms with Gasteiger partial charge in [-0.15, -0.1) is 0 Å². The molecule has 0 fully saturated rings. The van der Waals surface area contributed by atoms with E-state index >= 15 is 0 Å². The lowest BCUT2D eigenvalue weighted by Gasteiger charge is -2.20. The van der Waals surface area contributed by atoms with Crippen molar-refractivity contribution in [2.75, 3.05) is 6.54 Å². The number of rotatable bonds is 5. The van der Waals surface area contributed by atoms with E-state index in [4.69, 9.17) is 11.6 Å². The third-order valence-electron chi connectivity index (χ3n) is 2.70. The standard InChI is InChI=1S/C13H17ClF3N/c1-3-18-12(6-7-13(15,16)17)10-5-4-9(2)8-11(10)14/h4-5,8,12,18H,3,6-7H2,1-2H3. The summed E-state index contributed by atoms with van der Waals surface area (Å²) in [5, 5.41) is 3.56. The highest BCUT2D eigenvalue weighted by molar-refractivity contribution is 6.31. The summed E-state index contributed by atoms with van der Waals surface area (Å²) in [6, 6.07) is 5.07. The van der Waals surface area contributed by atoms with Gasteiger partial charge in [0.2, 0.25) is 0 Å². The molecule has 1 aromatic rings. The molecule has 0 aliphatic heterocycles. The van der Waals surface area contributed by atoms with Crippen molar-refractivity contribution in [2.45, 2.75) is 38.9 Å². The second-order valence-corrected chi connectivity index (χ2v) is 4.70. The number of alkyl halides is 3. The van der Waals surface area contributed by atoms with Gasteiger partial charge in [0.25, 0.3) is 0 Å². The molecule has 0 heterocycles. The summed E-state index contributed by atoms with van der Waals surface area (Å²) in [5.41, 5.74) is 1.73. The van der Waals surface area contributed by atoms with Gasteiger partial charge < -0.3 is 5.32 Å². The van der Waals surface area contributed by atoms with E-state index < -0.39 is 12.6 Å². The average molecular weight is 280 g/mol. The van der Waals surface area contributed by atoms with Crippen LogP contribution < -0.4 is 5.32 Å². The predicted molar refractivity (Wildman–Crippen MR) is 67.9 cm³/mol. The first-order valence-electron chi connectivity index (χ1n) is 5.89. The van der Waals surface area contributed by atoms with E-state index in [0.717, 1.165) is 11.1 Å². The molecule has 0 amide bonds. The van der Waals surface area contributed by atoms with Crippen molar-refractivity contribution in [2.24, 2.45) is 0 Å². The molecule has 1 nitrogen and oxygen atoms in total. The van der Waals surface area contributed by atoms with Crippen molar-refractivity contribution in [3.05, 3.63) is 34.3 Å². The minimum atomic E-state index is -4.13. The lowest BCUT2D eigenvalue weighted by atomic mass is 10.0. The van der Waals surface area contributed by atoms with Crippen LogP contribution in [0, 0.1) is 6.92 Å². The number of nitrogens with one attached hydrogen (secondary N) is 1. The van der Waals surface area contributed by atoms with Gasteiger partial charge in [-0.25, -0.2) is 0 Å². The molecule has 1 atom stereocenters. The fourth-order valence-corrected chi connectivity index (χ4v) is 2.20. The Bertz CT molecular complexity index is 390. The van der Waals surface area contributed by atoms with Crippen molar-refractivity contribution in [1.82, 2.24) is 5.32 Å². The molecule has 1 rings (SSSR count). The summed E-state index contributed by atoms with van der Waals surface area (Å²) >= 11 is 6.09. The Morgan fingerprint density at radius 3 is 2.50 bits per heavy atom. The molecule has 0 saturated carbocycles. The normalized spacial score (nSPS) is 13.7. The molecule has 0 radical (unpaired) electrons. The van der Waals surface area contributed by atoms with Crippen LogP contribution in [0.1, 0.15) is 36.9 Å². The first-order chi connectivity index (χ1) is 8.33. The Morgan fingerprint density at radius 2 is 2.00 bits per heavy atom. The van der Waals surface area contributed by atoms with Crippen molar-refractivity contribution in [3.63, 3.8) is 0 Å². The lowest BCUT2D eigenvalue weighted by Crippen LogP contribution is -2.23. The van der Waals surface area contributed by atoms with Crippen molar-refractivity contribution >= 4 is 11.6 Å². The fraction of sp³-hybridized carbons (Fsp3) is 0.538. The number of halogens is 4. The monoisotopic (exact) mass is 279 g/mol. The molecule has 0 aliphatic rings. The number of hydrogen-bond acceptors (Lipinski definition) is 1. The molecule has 0 spiro atoms. The van der Waals surface area contributed by atoms with E-state index in [-0.39, 0.29) is 12.5 Å². The maximum absolute atomic E-state index is 12.3. The van der Waals surface area contributed by atoms with Crippen LogP contribution in [0.25, 0.3) is 0 Å². The molecular formula is C13H17ClF3N. The van der Waals surface area contributed by atoms with Crippen molar-refractivity contribution in [3.8, 4) is 0 Å². The van der Waals surface area contributed by atoms with E-state index in [1.54, 1.807) is 12.1 Å². The Hall–Kier alpha value is -0.740. The van der Waals surface area contributed by atoms with E-state index in [1.807, 2.05) is 19.9 Å². The molecule has 0 aromatic heterocycles. The summed E-state index contributed by atoms with van der Waals surface area (Å²) in [4.78, 5) is 0.